The van der Waals surface area contributed by atoms with Crippen molar-refractivity contribution in [2.75, 3.05) is 31.2 Å². The van der Waals surface area contributed by atoms with E-state index in [-0.39, 0.29) is 5.78 Å². The minimum absolute atomic E-state index is 0.128. The number of hydrogen-bond donors (Lipinski definition) is 0. The van der Waals surface area contributed by atoms with Gasteiger partial charge in [0.25, 0.3) is 0 Å². The fourth-order valence-corrected chi connectivity index (χ4v) is 3.94. The number of rotatable bonds is 2. The highest BCUT2D eigenvalue weighted by Gasteiger charge is 2.25. The van der Waals surface area contributed by atoms with E-state index in [2.05, 4.69) is 29.2 Å². The van der Waals surface area contributed by atoms with Crippen molar-refractivity contribution in [2.24, 2.45) is 0 Å². The molecular weight excluding hydrogens is 306 g/mol. The van der Waals surface area contributed by atoms with Gasteiger partial charge in [-0.1, -0.05) is 36.0 Å². The highest BCUT2D eigenvalue weighted by atomic mass is 32.2. The summed E-state index contributed by atoms with van der Waals surface area (Å²) in [5.41, 5.74) is 3.09. The van der Waals surface area contributed by atoms with Crippen molar-refractivity contribution in [2.45, 2.75) is 4.90 Å². The van der Waals surface area contributed by atoms with Crippen LogP contribution >= 0.6 is 11.8 Å². The number of fused-ring (bicyclic) bond motifs is 1. The van der Waals surface area contributed by atoms with Gasteiger partial charge in [-0.2, -0.15) is 0 Å². The molecule has 2 aromatic rings. The zero-order chi connectivity index (χ0) is 15.6. The van der Waals surface area contributed by atoms with Gasteiger partial charge in [-0.3, -0.25) is 4.79 Å². The van der Waals surface area contributed by atoms with E-state index in [1.807, 2.05) is 30.3 Å². The average Bonchev–Trinajstić information content (AvgIpc) is 2.93. The Morgan fingerprint density at radius 1 is 1.00 bits per heavy atom. The first-order valence-electron chi connectivity index (χ1n) is 7.77. The van der Waals surface area contributed by atoms with Gasteiger partial charge < -0.3 is 9.64 Å². The number of carbonyl (C=O) groups is 1. The number of carbonyl (C=O) groups excluding carboxylic acids is 1. The minimum atomic E-state index is 0.128. The van der Waals surface area contributed by atoms with Gasteiger partial charge in [-0.15, -0.1) is 0 Å². The number of allylic oxidation sites excluding steroid dienone is 1. The van der Waals surface area contributed by atoms with Crippen LogP contribution in [0.1, 0.15) is 15.9 Å². The molecule has 0 N–H and O–H groups in total. The number of ether oxygens (including phenoxy) is 1. The highest BCUT2D eigenvalue weighted by molar-refractivity contribution is 8.04. The van der Waals surface area contributed by atoms with Crippen LogP contribution in [0.3, 0.4) is 0 Å². The molecule has 0 radical (unpaired) electrons. The number of thioether (sulfide) groups is 1. The summed E-state index contributed by atoms with van der Waals surface area (Å²) in [7, 11) is 0. The van der Waals surface area contributed by atoms with Crippen LogP contribution in [0.25, 0.3) is 6.08 Å². The van der Waals surface area contributed by atoms with Crippen molar-refractivity contribution in [1.82, 2.24) is 0 Å². The van der Waals surface area contributed by atoms with E-state index < -0.39 is 0 Å². The lowest BCUT2D eigenvalue weighted by atomic mass is 10.1. The number of hydrogen-bond acceptors (Lipinski definition) is 4. The smallest absolute Gasteiger partial charge is 0.200 e. The molecule has 0 atom stereocenters. The zero-order valence-electron chi connectivity index (χ0n) is 12.7. The Morgan fingerprint density at radius 2 is 1.74 bits per heavy atom. The van der Waals surface area contributed by atoms with Gasteiger partial charge in [0.2, 0.25) is 5.78 Å². The van der Waals surface area contributed by atoms with Gasteiger partial charge in [-0.05, 0) is 35.9 Å². The van der Waals surface area contributed by atoms with E-state index in [1.165, 1.54) is 5.69 Å². The third kappa shape index (κ3) is 2.92. The second-order valence-corrected chi connectivity index (χ2v) is 6.71. The van der Waals surface area contributed by atoms with Crippen LogP contribution in [0.4, 0.5) is 5.69 Å². The van der Waals surface area contributed by atoms with E-state index in [4.69, 9.17) is 4.74 Å². The third-order valence-corrected chi connectivity index (χ3v) is 5.24. The number of benzene rings is 2. The molecule has 4 heteroatoms. The highest BCUT2D eigenvalue weighted by Crippen LogP contribution is 2.40. The summed E-state index contributed by atoms with van der Waals surface area (Å²) in [4.78, 5) is 16.6. The molecule has 0 bridgehead atoms. The summed E-state index contributed by atoms with van der Waals surface area (Å²) in [6, 6.07) is 16.2. The predicted molar refractivity (Wildman–Crippen MR) is 94.1 cm³/mol. The molecule has 3 nitrogen and oxygen atoms in total. The molecule has 0 spiro atoms. The van der Waals surface area contributed by atoms with Crippen LogP contribution in [-0.4, -0.2) is 32.1 Å². The van der Waals surface area contributed by atoms with Gasteiger partial charge in [0.15, 0.2) is 0 Å². The Labute approximate surface area is 139 Å². The lowest BCUT2D eigenvalue weighted by Gasteiger charge is -2.28. The summed E-state index contributed by atoms with van der Waals surface area (Å²) in [5.74, 6) is 0.128. The molecule has 2 aliphatic heterocycles. The fraction of sp³-hybridized carbons (Fsp3) is 0.211. The third-order valence-electron chi connectivity index (χ3n) is 4.14. The first-order valence-corrected chi connectivity index (χ1v) is 8.59. The molecule has 2 aliphatic rings. The average molecular weight is 323 g/mol. The van der Waals surface area contributed by atoms with Gasteiger partial charge in [0.1, 0.15) is 0 Å². The van der Waals surface area contributed by atoms with Crippen LogP contribution in [0.15, 0.2) is 58.3 Å². The second kappa shape index (κ2) is 6.22. The SMILES string of the molecule is O=C1/C(=C/c2ccc(N3CCOCC3)cc2)Sc2ccccc21. The quantitative estimate of drug-likeness (QED) is 0.785. The van der Waals surface area contributed by atoms with Crippen molar-refractivity contribution >= 4 is 29.3 Å². The van der Waals surface area contributed by atoms with E-state index in [0.29, 0.717) is 0 Å². The Balaban J connectivity index is 1.54. The number of ketones is 1. The zero-order valence-corrected chi connectivity index (χ0v) is 13.5. The fourth-order valence-electron chi connectivity index (χ4n) is 2.89. The van der Waals surface area contributed by atoms with Crippen molar-refractivity contribution in [3.05, 3.63) is 64.6 Å². The maximum absolute atomic E-state index is 12.4. The standard InChI is InChI=1S/C19H17NO2S/c21-19-16-3-1-2-4-17(16)23-18(19)13-14-5-7-15(8-6-14)20-9-11-22-12-10-20/h1-8,13H,9-12H2/b18-13-. The maximum atomic E-state index is 12.4. The van der Waals surface area contributed by atoms with Gasteiger partial charge >= 0.3 is 0 Å². The summed E-state index contributed by atoms with van der Waals surface area (Å²) in [6.07, 6.45) is 1.98. The number of nitrogens with zero attached hydrogens (tertiary/aromatic N) is 1. The molecule has 0 unspecified atom stereocenters. The molecule has 0 aliphatic carbocycles. The summed E-state index contributed by atoms with van der Waals surface area (Å²) in [6.45, 7) is 3.44. The van der Waals surface area contributed by atoms with E-state index in [0.717, 1.165) is 47.2 Å². The molecule has 1 saturated heterocycles. The van der Waals surface area contributed by atoms with Gasteiger partial charge in [0, 0.05) is 29.2 Å². The predicted octanol–water partition coefficient (Wildman–Crippen LogP) is 3.85. The molecule has 1 fully saturated rings. The van der Waals surface area contributed by atoms with E-state index >= 15 is 0 Å². The first kappa shape index (κ1) is 14.5. The Bertz CT molecular complexity index is 761. The van der Waals surface area contributed by atoms with Crippen molar-refractivity contribution in [3.8, 4) is 0 Å². The van der Waals surface area contributed by atoms with Crippen LogP contribution in [0, 0.1) is 0 Å². The molecular formula is C19H17NO2S. The molecule has 2 aromatic carbocycles. The van der Waals surface area contributed by atoms with E-state index in [1.54, 1.807) is 11.8 Å². The molecule has 23 heavy (non-hydrogen) atoms. The Kier molecular flexibility index (Phi) is 3.93. The van der Waals surface area contributed by atoms with Gasteiger partial charge in [0.05, 0.1) is 18.1 Å². The van der Waals surface area contributed by atoms with Crippen LogP contribution < -0.4 is 4.90 Å². The summed E-state index contributed by atoms with van der Waals surface area (Å²) >= 11 is 1.56. The normalized spacial score (nSPS) is 19.2. The monoisotopic (exact) mass is 323 g/mol. The minimum Gasteiger partial charge on any atom is -0.378 e. The second-order valence-electron chi connectivity index (χ2n) is 5.63. The topological polar surface area (TPSA) is 29.5 Å². The molecule has 0 amide bonds. The summed E-state index contributed by atoms with van der Waals surface area (Å²) < 4.78 is 5.38. The number of morpholine rings is 1. The number of Topliss-reactive ketones (excluding diaryl/α,β-unsaturated/α-hetero) is 1. The number of anilines is 1. The van der Waals surface area contributed by atoms with Crippen molar-refractivity contribution in [1.29, 1.82) is 0 Å². The molecule has 4 rings (SSSR count). The Morgan fingerprint density at radius 3 is 2.48 bits per heavy atom. The lowest BCUT2D eigenvalue weighted by Crippen LogP contribution is -2.36. The molecule has 0 saturated carbocycles. The maximum Gasteiger partial charge on any atom is 0.200 e. The Hall–Kier alpha value is -2.04. The summed E-state index contributed by atoms with van der Waals surface area (Å²) in [5, 5.41) is 0. The van der Waals surface area contributed by atoms with Crippen molar-refractivity contribution in [3.63, 3.8) is 0 Å². The molecule has 0 aromatic heterocycles. The van der Waals surface area contributed by atoms with Gasteiger partial charge in [-0.25, -0.2) is 0 Å². The van der Waals surface area contributed by atoms with Crippen molar-refractivity contribution < 1.29 is 9.53 Å². The van der Waals surface area contributed by atoms with Crippen LogP contribution in [0.5, 0.6) is 0 Å². The first-order chi connectivity index (χ1) is 11.3. The van der Waals surface area contributed by atoms with Crippen LogP contribution in [-0.2, 0) is 4.74 Å². The largest absolute Gasteiger partial charge is 0.378 e. The lowest BCUT2D eigenvalue weighted by molar-refractivity contribution is 0.104. The van der Waals surface area contributed by atoms with Crippen LogP contribution in [0.2, 0.25) is 0 Å². The van der Waals surface area contributed by atoms with E-state index in [9.17, 15) is 4.79 Å². The molecule has 2 heterocycles. The molecule has 116 valence electrons.